The first-order valence-corrected chi connectivity index (χ1v) is 16.2. The average Bonchev–Trinajstić information content (AvgIpc) is 3.67. The van der Waals surface area contributed by atoms with Crippen LogP contribution in [0.4, 0.5) is 18.0 Å². The Balaban J connectivity index is 1.31. The number of hydrogen-bond donors (Lipinski definition) is 2. The number of aryl methyl sites for hydroxylation is 1. The lowest BCUT2D eigenvalue weighted by atomic mass is 9.89. The highest BCUT2D eigenvalue weighted by molar-refractivity contribution is 7.90. The number of alkyl halides is 3. The van der Waals surface area contributed by atoms with Crippen LogP contribution in [-0.2, 0) is 16.6 Å². The standard InChI is InChI=1S/C28H35ClF3N7O6S/c1-26(2,28(30,31)32)11-15-45-21-9-14-39(34-21)20-8-7-19(23(29)33-20)24(40)36-46(43,44)22-10-13-37(35-22)12-5-6-18-16-27(3,4)38(17-18)25(41)42/h7-10,13-14,18H,5-6,11-12,15-17H2,1-4H3,(H,36,40)(H,41,42)/t18-/m0/s1. The van der Waals surface area contributed by atoms with E-state index in [1.54, 1.807) is 0 Å². The summed E-state index contributed by atoms with van der Waals surface area (Å²) in [6.07, 6.45) is -0.590. The number of nitrogens with zero attached hydrogens (tertiary/aromatic N) is 6. The van der Waals surface area contributed by atoms with Crippen molar-refractivity contribution >= 4 is 33.6 Å². The molecule has 1 aliphatic rings. The number of nitrogens with one attached hydrogen (secondary N) is 1. The Morgan fingerprint density at radius 1 is 1.15 bits per heavy atom. The number of carbonyl (C=O) groups excluding carboxylic acids is 1. The van der Waals surface area contributed by atoms with Crippen LogP contribution in [0.5, 0.6) is 5.88 Å². The molecule has 18 heteroatoms. The molecule has 252 valence electrons. The third-order valence-electron chi connectivity index (χ3n) is 7.93. The smallest absolute Gasteiger partial charge is 0.407 e. The summed E-state index contributed by atoms with van der Waals surface area (Å²) < 4.78 is 74.8. The normalized spacial score (nSPS) is 16.9. The summed E-state index contributed by atoms with van der Waals surface area (Å²) in [5, 5.41) is 16.9. The van der Waals surface area contributed by atoms with Crippen molar-refractivity contribution in [2.24, 2.45) is 11.3 Å². The minimum absolute atomic E-state index is 0.0514. The molecule has 3 aromatic rings. The molecule has 1 atom stereocenters. The topological polar surface area (TPSA) is 162 Å². The van der Waals surface area contributed by atoms with Gasteiger partial charge >= 0.3 is 12.3 Å². The third kappa shape index (κ3) is 8.10. The minimum Gasteiger partial charge on any atom is -0.477 e. The Kier molecular flexibility index (Phi) is 9.97. The van der Waals surface area contributed by atoms with Crippen LogP contribution in [0.3, 0.4) is 0 Å². The van der Waals surface area contributed by atoms with E-state index in [0.29, 0.717) is 19.5 Å². The molecule has 0 aromatic carbocycles. The molecule has 1 aliphatic heterocycles. The number of amides is 2. The van der Waals surface area contributed by atoms with Crippen molar-refractivity contribution in [3.63, 3.8) is 0 Å². The lowest BCUT2D eigenvalue weighted by Crippen LogP contribution is -2.41. The molecule has 1 fully saturated rings. The maximum atomic E-state index is 13.0. The molecule has 4 rings (SSSR count). The summed E-state index contributed by atoms with van der Waals surface area (Å²) in [5.74, 6) is -0.662. The van der Waals surface area contributed by atoms with E-state index >= 15 is 0 Å². The molecular formula is C28H35ClF3N7O6S. The fraction of sp³-hybridized carbons (Fsp3) is 0.536. The Bertz CT molecular complexity index is 1690. The zero-order chi connectivity index (χ0) is 34.1. The summed E-state index contributed by atoms with van der Waals surface area (Å²) in [5.41, 5.74) is -2.61. The first-order chi connectivity index (χ1) is 21.3. The zero-order valence-corrected chi connectivity index (χ0v) is 27.2. The highest BCUT2D eigenvalue weighted by Crippen LogP contribution is 2.40. The van der Waals surface area contributed by atoms with E-state index in [2.05, 4.69) is 15.2 Å². The Hall–Kier alpha value is -3.86. The largest absolute Gasteiger partial charge is 0.477 e. The predicted octanol–water partition coefficient (Wildman–Crippen LogP) is 5.15. The van der Waals surface area contributed by atoms with Crippen molar-refractivity contribution in [2.75, 3.05) is 13.2 Å². The van der Waals surface area contributed by atoms with Gasteiger partial charge in [0.15, 0.2) is 10.8 Å². The Morgan fingerprint density at radius 3 is 2.50 bits per heavy atom. The SMILES string of the molecule is CC1(C)C[C@H](CCCn2ccc(S(=O)(=O)NC(=O)c3ccc(-n4ccc(OCCC(C)(C)C(F)(F)F)n4)nc3Cl)n2)CN1C(=O)O. The van der Waals surface area contributed by atoms with Crippen molar-refractivity contribution in [1.82, 2.24) is 34.2 Å². The van der Waals surface area contributed by atoms with Crippen LogP contribution in [0.15, 0.2) is 41.7 Å². The van der Waals surface area contributed by atoms with E-state index in [-0.39, 0.29) is 46.4 Å². The quantitative estimate of drug-likeness (QED) is 0.245. The average molecular weight is 690 g/mol. The Morgan fingerprint density at radius 2 is 1.87 bits per heavy atom. The first-order valence-electron chi connectivity index (χ1n) is 14.3. The van der Waals surface area contributed by atoms with E-state index in [1.165, 1.54) is 50.9 Å². The lowest BCUT2D eigenvalue weighted by Gasteiger charge is -2.28. The number of aromatic nitrogens is 5. The van der Waals surface area contributed by atoms with Gasteiger partial charge in [-0.15, -0.1) is 5.10 Å². The second-order valence-electron chi connectivity index (χ2n) is 12.4. The molecule has 0 aliphatic carbocycles. The van der Waals surface area contributed by atoms with Gasteiger partial charge in [-0.3, -0.25) is 9.48 Å². The van der Waals surface area contributed by atoms with E-state index in [4.69, 9.17) is 16.3 Å². The number of hydrogen-bond acceptors (Lipinski definition) is 8. The number of carbonyl (C=O) groups is 2. The maximum absolute atomic E-state index is 13.0. The fourth-order valence-electron chi connectivity index (χ4n) is 5.08. The van der Waals surface area contributed by atoms with Gasteiger partial charge in [0.25, 0.3) is 15.9 Å². The number of ether oxygens (including phenoxy) is 1. The van der Waals surface area contributed by atoms with Crippen LogP contribution in [0.1, 0.15) is 63.7 Å². The van der Waals surface area contributed by atoms with Crippen molar-refractivity contribution < 1.29 is 41.0 Å². The minimum atomic E-state index is -4.38. The molecular weight excluding hydrogens is 655 g/mol. The molecule has 2 amide bonds. The monoisotopic (exact) mass is 689 g/mol. The van der Waals surface area contributed by atoms with Gasteiger partial charge in [-0.1, -0.05) is 25.4 Å². The highest BCUT2D eigenvalue weighted by Gasteiger charge is 2.47. The van der Waals surface area contributed by atoms with Crippen LogP contribution >= 0.6 is 11.6 Å². The second kappa shape index (κ2) is 13.1. The van der Waals surface area contributed by atoms with Gasteiger partial charge in [0.05, 0.1) is 17.6 Å². The van der Waals surface area contributed by atoms with E-state index in [1.807, 2.05) is 18.6 Å². The molecule has 0 radical (unpaired) electrons. The number of pyridine rings is 1. The molecule has 0 unspecified atom stereocenters. The number of sulfonamides is 1. The maximum Gasteiger partial charge on any atom is 0.407 e. The first kappa shape index (κ1) is 35.0. The molecule has 0 spiro atoms. The molecule has 13 nitrogen and oxygen atoms in total. The summed E-state index contributed by atoms with van der Waals surface area (Å²) in [4.78, 5) is 29.8. The van der Waals surface area contributed by atoms with Gasteiger partial charge in [-0.25, -0.2) is 19.2 Å². The molecule has 4 heterocycles. The molecule has 46 heavy (non-hydrogen) atoms. The van der Waals surface area contributed by atoms with Crippen LogP contribution in [-0.4, -0.2) is 79.8 Å². The zero-order valence-electron chi connectivity index (χ0n) is 25.6. The molecule has 0 saturated carbocycles. The van der Waals surface area contributed by atoms with Gasteiger partial charge in [0.2, 0.25) is 5.88 Å². The van der Waals surface area contributed by atoms with Gasteiger partial charge in [-0.2, -0.15) is 26.7 Å². The van der Waals surface area contributed by atoms with Gasteiger partial charge in [0.1, 0.15) is 5.15 Å². The van der Waals surface area contributed by atoms with E-state index in [9.17, 15) is 36.3 Å². The van der Waals surface area contributed by atoms with Crippen molar-refractivity contribution in [3.8, 4) is 11.7 Å². The fourth-order valence-corrected chi connectivity index (χ4v) is 6.23. The second-order valence-corrected chi connectivity index (χ2v) is 14.3. The molecule has 0 bridgehead atoms. The van der Waals surface area contributed by atoms with E-state index in [0.717, 1.165) is 26.7 Å². The van der Waals surface area contributed by atoms with E-state index < -0.39 is 39.2 Å². The Labute approximate surface area is 268 Å². The molecule has 3 aromatic heterocycles. The third-order valence-corrected chi connectivity index (χ3v) is 9.44. The van der Waals surface area contributed by atoms with Crippen LogP contribution in [0.2, 0.25) is 5.15 Å². The summed E-state index contributed by atoms with van der Waals surface area (Å²) in [6.45, 7) is 6.55. The number of carboxylic acid groups (broad SMARTS) is 1. The summed E-state index contributed by atoms with van der Waals surface area (Å²) in [7, 11) is -4.36. The number of rotatable bonds is 12. The van der Waals surface area contributed by atoms with Crippen LogP contribution in [0.25, 0.3) is 5.82 Å². The van der Waals surface area contributed by atoms with Crippen LogP contribution < -0.4 is 9.46 Å². The van der Waals surface area contributed by atoms with Gasteiger partial charge in [0, 0.05) is 37.1 Å². The molecule has 1 saturated heterocycles. The highest BCUT2D eigenvalue weighted by atomic mass is 35.5. The van der Waals surface area contributed by atoms with Crippen molar-refractivity contribution in [3.05, 3.63) is 47.4 Å². The number of likely N-dealkylation sites (tertiary alicyclic amines) is 1. The predicted molar refractivity (Wildman–Crippen MR) is 159 cm³/mol. The van der Waals surface area contributed by atoms with Gasteiger partial charge in [-0.05, 0) is 63.6 Å². The van der Waals surface area contributed by atoms with Crippen molar-refractivity contribution in [2.45, 2.75) is 76.7 Å². The summed E-state index contributed by atoms with van der Waals surface area (Å²) in [6, 6.07) is 5.28. The van der Waals surface area contributed by atoms with Crippen molar-refractivity contribution in [1.29, 1.82) is 0 Å². The summed E-state index contributed by atoms with van der Waals surface area (Å²) >= 11 is 6.19. The van der Waals surface area contributed by atoms with Crippen LogP contribution in [0, 0.1) is 11.3 Å². The number of halogens is 4. The molecule has 2 N–H and O–H groups in total. The van der Waals surface area contributed by atoms with Gasteiger partial charge < -0.3 is 14.7 Å². The lowest BCUT2D eigenvalue weighted by molar-refractivity contribution is -0.215.